The number of carbonyl (C=O) groups excluding carboxylic acids is 1. The van der Waals surface area contributed by atoms with Gasteiger partial charge in [-0.3, -0.25) is 9.35 Å². The third kappa shape index (κ3) is 4.98. The van der Waals surface area contributed by atoms with Crippen LogP contribution in [-0.2, 0) is 24.2 Å². The molecule has 0 aliphatic rings. The maximum atomic E-state index is 13.1. The third-order valence-electron chi connectivity index (χ3n) is 6.17. The van der Waals surface area contributed by atoms with Gasteiger partial charge in [-0.25, -0.2) is 18.5 Å². The lowest BCUT2D eigenvalue weighted by atomic mass is 10.1. The van der Waals surface area contributed by atoms with E-state index >= 15 is 0 Å². The second-order valence-electron chi connectivity index (χ2n) is 8.69. The smallest absolute Gasteiger partial charge is 0.272 e. The molecule has 9 heteroatoms. The molecule has 2 aromatic carbocycles. The number of anilines is 1. The van der Waals surface area contributed by atoms with Gasteiger partial charge in [0, 0.05) is 18.2 Å². The molecule has 0 aliphatic carbocycles. The number of hydrogen-bond donors (Lipinski definition) is 1. The molecule has 0 radical (unpaired) electrons. The number of benzene rings is 2. The van der Waals surface area contributed by atoms with Crippen molar-refractivity contribution in [2.45, 2.75) is 33.2 Å². The number of thiophene rings is 1. The van der Waals surface area contributed by atoms with Crippen LogP contribution in [0.25, 0.3) is 21.6 Å². The summed E-state index contributed by atoms with van der Waals surface area (Å²) in [6.07, 6.45) is 3.68. The molecule has 0 saturated carbocycles. The summed E-state index contributed by atoms with van der Waals surface area (Å²) in [6.45, 7) is 4.83. The van der Waals surface area contributed by atoms with Crippen LogP contribution in [0.4, 0.5) is 5.69 Å². The Balaban J connectivity index is 1.46. The van der Waals surface area contributed by atoms with E-state index in [0.29, 0.717) is 17.8 Å². The van der Waals surface area contributed by atoms with E-state index in [2.05, 4.69) is 23.4 Å². The van der Waals surface area contributed by atoms with Crippen molar-refractivity contribution >= 4 is 45.4 Å². The predicted molar refractivity (Wildman–Crippen MR) is 149 cm³/mol. The molecule has 0 saturated heterocycles. The monoisotopic (exact) mass is 530 g/mol. The number of aryl methyl sites for hydroxylation is 2. The van der Waals surface area contributed by atoms with Gasteiger partial charge in [0.05, 0.1) is 17.1 Å². The second-order valence-corrected chi connectivity index (χ2v) is 10.4. The minimum Gasteiger partial charge on any atom is -0.308 e. The molecule has 188 valence electrons. The quantitative estimate of drug-likeness (QED) is 0.240. The lowest BCUT2D eigenvalue weighted by molar-refractivity contribution is 0.100. The SMILES string of the molecule is CCCc1nc2c(C)ccnc2n1Cc1ccc(-c2sccc2N(C(=O)c2ccccc2)S(=O)O)cc1. The minimum atomic E-state index is -2.52. The van der Waals surface area contributed by atoms with Crippen molar-refractivity contribution in [1.29, 1.82) is 0 Å². The Kier molecular flexibility index (Phi) is 7.27. The number of rotatable bonds is 8. The van der Waals surface area contributed by atoms with Gasteiger partial charge in [0.1, 0.15) is 11.3 Å². The summed E-state index contributed by atoms with van der Waals surface area (Å²) in [7, 11) is 0. The highest BCUT2D eigenvalue weighted by Crippen LogP contribution is 2.37. The largest absolute Gasteiger partial charge is 0.308 e. The predicted octanol–water partition coefficient (Wildman–Crippen LogP) is 6.25. The van der Waals surface area contributed by atoms with E-state index in [1.807, 2.05) is 41.9 Å². The van der Waals surface area contributed by atoms with E-state index < -0.39 is 17.2 Å². The van der Waals surface area contributed by atoms with E-state index in [9.17, 15) is 13.6 Å². The molecule has 1 unspecified atom stereocenters. The lowest BCUT2D eigenvalue weighted by Gasteiger charge is -2.19. The molecular formula is C28H26N4O3S2. The van der Waals surface area contributed by atoms with Crippen molar-refractivity contribution in [1.82, 2.24) is 14.5 Å². The van der Waals surface area contributed by atoms with Crippen LogP contribution in [0.3, 0.4) is 0 Å². The van der Waals surface area contributed by atoms with Gasteiger partial charge in [-0.2, -0.15) is 0 Å². The number of aromatic nitrogens is 3. The number of imidazole rings is 1. The number of carbonyl (C=O) groups is 1. The highest BCUT2D eigenvalue weighted by Gasteiger charge is 2.26. The van der Waals surface area contributed by atoms with Crippen LogP contribution >= 0.6 is 11.3 Å². The number of pyridine rings is 1. The van der Waals surface area contributed by atoms with Crippen molar-refractivity contribution in [2.75, 3.05) is 4.31 Å². The van der Waals surface area contributed by atoms with Crippen molar-refractivity contribution in [3.8, 4) is 10.4 Å². The number of amides is 1. The van der Waals surface area contributed by atoms with Gasteiger partial charge in [0.25, 0.3) is 17.2 Å². The third-order valence-corrected chi connectivity index (χ3v) is 7.80. The zero-order valence-electron chi connectivity index (χ0n) is 20.5. The Labute approximate surface area is 221 Å². The standard InChI is InChI=1S/C28H26N4O3S2/c1-3-7-24-30-25-19(2)14-16-29-27(25)31(24)18-20-10-12-21(13-11-20)26-23(15-17-36-26)32(37(34)35)28(33)22-8-5-4-6-9-22/h4-6,8-17H,3,7,18H2,1-2H3,(H,34,35). The van der Waals surface area contributed by atoms with E-state index in [1.54, 1.807) is 36.4 Å². The van der Waals surface area contributed by atoms with Gasteiger partial charge >= 0.3 is 0 Å². The summed E-state index contributed by atoms with van der Waals surface area (Å²) in [4.78, 5) is 23.3. The first kappa shape index (κ1) is 25.0. The van der Waals surface area contributed by atoms with Crippen LogP contribution in [0, 0.1) is 6.92 Å². The first-order valence-electron chi connectivity index (χ1n) is 12.0. The van der Waals surface area contributed by atoms with E-state index in [4.69, 9.17) is 4.98 Å². The average molecular weight is 531 g/mol. The van der Waals surface area contributed by atoms with Crippen LogP contribution in [0.5, 0.6) is 0 Å². The molecule has 7 nitrogen and oxygen atoms in total. The Morgan fingerprint density at radius 2 is 1.84 bits per heavy atom. The zero-order valence-corrected chi connectivity index (χ0v) is 22.1. The van der Waals surface area contributed by atoms with Gasteiger partial charge in [-0.15, -0.1) is 11.3 Å². The van der Waals surface area contributed by atoms with E-state index in [0.717, 1.165) is 55.7 Å². The van der Waals surface area contributed by atoms with Crippen molar-refractivity contribution < 1.29 is 13.6 Å². The Morgan fingerprint density at radius 3 is 2.54 bits per heavy atom. The molecule has 5 aromatic rings. The fourth-order valence-electron chi connectivity index (χ4n) is 4.35. The normalized spacial score (nSPS) is 12.1. The number of nitrogens with zero attached hydrogens (tertiary/aromatic N) is 4. The molecule has 0 fully saturated rings. The lowest BCUT2D eigenvalue weighted by Crippen LogP contribution is -2.32. The summed E-state index contributed by atoms with van der Waals surface area (Å²) in [5.74, 6) is 0.486. The van der Waals surface area contributed by atoms with Gasteiger partial charge in [-0.1, -0.05) is 49.4 Å². The van der Waals surface area contributed by atoms with Crippen molar-refractivity contribution in [3.05, 3.63) is 101 Å². The van der Waals surface area contributed by atoms with Crippen molar-refractivity contribution in [2.24, 2.45) is 0 Å². The number of hydrogen-bond acceptors (Lipinski definition) is 5. The highest BCUT2D eigenvalue weighted by atomic mass is 32.2. The van der Waals surface area contributed by atoms with E-state index in [1.165, 1.54) is 11.3 Å². The summed E-state index contributed by atoms with van der Waals surface area (Å²) in [5.41, 5.74) is 5.62. The molecule has 3 aromatic heterocycles. The minimum absolute atomic E-state index is 0.344. The summed E-state index contributed by atoms with van der Waals surface area (Å²) >= 11 is -1.10. The summed E-state index contributed by atoms with van der Waals surface area (Å²) in [5, 5.41) is 1.82. The van der Waals surface area contributed by atoms with Crippen LogP contribution < -0.4 is 4.31 Å². The fourth-order valence-corrected chi connectivity index (χ4v) is 5.86. The highest BCUT2D eigenvalue weighted by molar-refractivity contribution is 7.81. The Morgan fingerprint density at radius 1 is 1.08 bits per heavy atom. The van der Waals surface area contributed by atoms with Crippen LogP contribution in [0.2, 0.25) is 0 Å². The van der Waals surface area contributed by atoms with Gasteiger partial charge in [-0.05, 0) is 59.7 Å². The molecule has 3 heterocycles. The van der Waals surface area contributed by atoms with Gasteiger partial charge in [0.15, 0.2) is 5.65 Å². The first-order chi connectivity index (χ1) is 18.0. The average Bonchev–Trinajstić information content (AvgIpc) is 3.51. The molecule has 37 heavy (non-hydrogen) atoms. The second kappa shape index (κ2) is 10.8. The maximum Gasteiger partial charge on any atom is 0.272 e. The number of fused-ring (bicyclic) bond motifs is 1. The maximum absolute atomic E-state index is 13.1. The summed E-state index contributed by atoms with van der Waals surface area (Å²) < 4.78 is 25.4. The van der Waals surface area contributed by atoms with Gasteiger partial charge < -0.3 is 4.57 Å². The molecule has 1 N–H and O–H groups in total. The molecule has 0 spiro atoms. The molecule has 0 bridgehead atoms. The molecule has 5 rings (SSSR count). The Hall–Kier alpha value is -3.66. The van der Waals surface area contributed by atoms with Crippen LogP contribution in [0.15, 0.2) is 78.3 Å². The molecule has 1 atom stereocenters. The first-order valence-corrected chi connectivity index (χ1v) is 13.9. The van der Waals surface area contributed by atoms with E-state index in [-0.39, 0.29) is 0 Å². The topological polar surface area (TPSA) is 88.3 Å². The molecule has 0 aliphatic heterocycles. The van der Waals surface area contributed by atoms with Crippen LogP contribution in [0.1, 0.15) is 40.7 Å². The zero-order chi connectivity index (χ0) is 25.9. The molecule has 1 amide bonds. The fraction of sp³-hybridized carbons (Fsp3) is 0.179. The Bertz CT molecular complexity index is 1580. The van der Waals surface area contributed by atoms with Gasteiger partial charge in [0.2, 0.25) is 0 Å². The molecular weight excluding hydrogens is 504 g/mol. The van der Waals surface area contributed by atoms with Crippen LogP contribution in [-0.4, -0.2) is 29.2 Å². The van der Waals surface area contributed by atoms with Crippen molar-refractivity contribution in [3.63, 3.8) is 0 Å². The summed E-state index contributed by atoms with van der Waals surface area (Å²) in [6, 6.07) is 20.2.